The van der Waals surface area contributed by atoms with E-state index in [0.717, 1.165) is 21.8 Å². The number of benzene rings is 3. The molecule has 0 saturated carbocycles. The SMILES string of the molecule is Cn1nc(-c2ccccc2Cl)nc1-c1cc(C#N)ccc1SCc1ccc(C(C)(C)C)cc1. The third kappa shape index (κ3) is 5.13. The molecule has 4 aromatic rings. The maximum absolute atomic E-state index is 9.47. The van der Waals surface area contributed by atoms with Gasteiger partial charge in [-0.05, 0) is 46.9 Å². The molecule has 33 heavy (non-hydrogen) atoms. The average molecular weight is 473 g/mol. The van der Waals surface area contributed by atoms with Crippen molar-refractivity contribution < 1.29 is 0 Å². The van der Waals surface area contributed by atoms with Crippen LogP contribution in [0.4, 0.5) is 0 Å². The number of halogens is 1. The van der Waals surface area contributed by atoms with Gasteiger partial charge in [-0.15, -0.1) is 11.8 Å². The zero-order valence-electron chi connectivity index (χ0n) is 19.1. The van der Waals surface area contributed by atoms with Crippen LogP contribution in [0.1, 0.15) is 37.5 Å². The molecule has 1 heterocycles. The summed E-state index contributed by atoms with van der Waals surface area (Å²) in [6.07, 6.45) is 0. The van der Waals surface area contributed by atoms with E-state index in [2.05, 4.69) is 56.2 Å². The normalized spacial score (nSPS) is 11.4. The molecule has 0 unspecified atom stereocenters. The van der Waals surface area contributed by atoms with Crippen LogP contribution in [0.5, 0.6) is 0 Å². The third-order valence-electron chi connectivity index (χ3n) is 5.44. The van der Waals surface area contributed by atoms with Crippen LogP contribution < -0.4 is 0 Å². The number of aromatic nitrogens is 3. The van der Waals surface area contributed by atoms with E-state index in [-0.39, 0.29) is 5.41 Å². The molecule has 0 aliphatic heterocycles. The van der Waals surface area contributed by atoms with Crippen LogP contribution in [0.15, 0.2) is 71.6 Å². The topological polar surface area (TPSA) is 54.5 Å². The van der Waals surface area contributed by atoms with E-state index in [1.807, 2.05) is 49.5 Å². The zero-order valence-corrected chi connectivity index (χ0v) is 20.7. The molecule has 4 nitrogen and oxygen atoms in total. The lowest BCUT2D eigenvalue weighted by Gasteiger charge is -2.19. The summed E-state index contributed by atoms with van der Waals surface area (Å²) in [5.41, 5.74) is 4.96. The number of hydrogen-bond acceptors (Lipinski definition) is 4. The van der Waals surface area contributed by atoms with Gasteiger partial charge in [0.25, 0.3) is 0 Å². The number of aryl methyl sites for hydroxylation is 1. The highest BCUT2D eigenvalue weighted by Gasteiger charge is 2.18. The van der Waals surface area contributed by atoms with Crippen LogP contribution in [0.25, 0.3) is 22.8 Å². The van der Waals surface area contributed by atoms with E-state index in [4.69, 9.17) is 16.6 Å². The van der Waals surface area contributed by atoms with Gasteiger partial charge in [0, 0.05) is 28.8 Å². The summed E-state index contributed by atoms with van der Waals surface area (Å²) < 4.78 is 1.75. The Morgan fingerprint density at radius 1 is 1.00 bits per heavy atom. The molecule has 4 rings (SSSR count). The first-order valence-corrected chi connectivity index (χ1v) is 12.1. The molecule has 0 amide bonds. The fourth-order valence-electron chi connectivity index (χ4n) is 3.54. The molecule has 0 spiro atoms. The number of rotatable bonds is 5. The monoisotopic (exact) mass is 472 g/mol. The van der Waals surface area contributed by atoms with Crippen molar-refractivity contribution >= 4 is 23.4 Å². The van der Waals surface area contributed by atoms with Gasteiger partial charge in [0.2, 0.25) is 0 Å². The largest absolute Gasteiger partial charge is 0.248 e. The van der Waals surface area contributed by atoms with Gasteiger partial charge in [0.1, 0.15) is 0 Å². The van der Waals surface area contributed by atoms with E-state index >= 15 is 0 Å². The first-order chi connectivity index (χ1) is 15.8. The lowest BCUT2D eigenvalue weighted by atomic mass is 9.87. The molecule has 166 valence electrons. The van der Waals surface area contributed by atoms with Gasteiger partial charge in [0.15, 0.2) is 11.6 Å². The Balaban J connectivity index is 1.66. The Morgan fingerprint density at radius 3 is 2.39 bits per heavy atom. The molecular formula is C27H25ClN4S. The Labute approximate surface area is 204 Å². The van der Waals surface area contributed by atoms with Crippen LogP contribution in [-0.4, -0.2) is 14.8 Å². The Bertz CT molecular complexity index is 1330. The van der Waals surface area contributed by atoms with Gasteiger partial charge in [-0.1, -0.05) is 68.8 Å². The molecule has 0 saturated heterocycles. The van der Waals surface area contributed by atoms with Crippen LogP contribution in [0.3, 0.4) is 0 Å². The Kier molecular flexibility index (Phi) is 6.60. The maximum Gasteiger partial charge on any atom is 0.183 e. The van der Waals surface area contributed by atoms with Crippen molar-refractivity contribution in [2.24, 2.45) is 7.05 Å². The minimum absolute atomic E-state index is 0.135. The summed E-state index contributed by atoms with van der Waals surface area (Å²) >= 11 is 8.09. The number of nitriles is 1. The fourth-order valence-corrected chi connectivity index (χ4v) is 4.74. The average Bonchev–Trinajstić information content (AvgIpc) is 3.18. The highest BCUT2D eigenvalue weighted by molar-refractivity contribution is 7.98. The summed E-state index contributed by atoms with van der Waals surface area (Å²) in [6, 6.07) is 24.3. The van der Waals surface area contributed by atoms with Crippen molar-refractivity contribution in [3.63, 3.8) is 0 Å². The summed E-state index contributed by atoms with van der Waals surface area (Å²) in [6.45, 7) is 6.66. The van der Waals surface area contributed by atoms with E-state index < -0.39 is 0 Å². The first-order valence-electron chi connectivity index (χ1n) is 10.7. The molecule has 6 heteroatoms. The molecule has 0 N–H and O–H groups in total. The molecule has 0 fully saturated rings. The standard InChI is InChI=1S/C27H25ClN4S/c1-27(2,3)20-12-9-18(10-13-20)17-33-24-14-11-19(16-29)15-22(24)26-30-25(31-32(26)4)21-7-5-6-8-23(21)28/h5-15H,17H2,1-4H3. The first kappa shape index (κ1) is 23.1. The zero-order chi connectivity index (χ0) is 23.6. The predicted molar refractivity (Wildman–Crippen MR) is 136 cm³/mol. The van der Waals surface area contributed by atoms with E-state index in [9.17, 15) is 5.26 Å². The molecule has 0 radical (unpaired) electrons. The molecule has 0 aliphatic carbocycles. The smallest absolute Gasteiger partial charge is 0.183 e. The highest BCUT2D eigenvalue weighted by atomic mass is 35.5. The number of hydrogen-bond donors (Lipinski definition) is 0. The van der Waals surface area contributed by atoms with E-state index in [1.165, 1.54) is 11.1 Å². The second-order valence-electron chi connectivity index (χ2n) is 8.92. The van der Waals surface area contributed by atoms with E-state index in [0.29, 0.717) is 22.2 Å². The molecular weight excluding hydrogens is 448 g/mol. The van der Waals surface area contributed by atoms with Crippen molar-refractivity contribution in [2.45, 2.75) is 36.8 Å². The minimum Gasteiger partial charge on any atom is -0.248 e. The number of thioether (sulfide) groups is 1. The van der Waals surface area contributed by atoms with Gasteiger partial charge in [-0.3, -0.25) is 0 Å². The number of nitrogens with zero attached hydrogens (tertiary/aromatic N) is 4. The minimum atomic E-state index is 0.135. The lowest BCUT2D eigenvalue weighted by molar-refractivity contribution is 0.590. The van der Waals surface area contributed by atoms with Gasteiger partial charge >= 0.3 is 0 Å². The molecule has 0 aliphatic rings. The van der Waals surface area contributed by atoms with Crippen molar-refractivity contribution in [3.8, 4) is 28.8 Å². The van der Waals surface area contributed by atoms with Crippen LogP contribution in [-0.2, 0) is 18.2 Å². The molecule has 0 bridgehead atoms. The van der Waals surface area contributed by atoms with Crippen molar-refractivity contribution in [2.75, 3.05) is 0 Å². The second kappa shape index (κ2) is 9.43. The van der Waals surface area contributed by atoms with Crippen molar-refractivity contribution in [1.82, 2.24) is 14.8 Å². The van der Waals surface area contributed by atoms with Gasteiger partial charge in [-0.25, -0.2) is 9.67 Å². The Morgan fingerprint density at radius 2 is 1.73 bits per heavy atom. The van der Waals surface area contributed by atoms with Crippen molar-refractivity contribution in [3.05, 3.63) is 88.4 Å². The third-order valence-corrected chi connectivity index (χ3v) is 6.92. The fraction of sp³-hybridized carbons (Fsp3) is 0.222. The van der Waals surface area contributed by atoms with Crippen LogP contribution in [0.2, 0.25) is 5.02 Å². The van der Waals surface area contributed by atoms with Gasteiger partial charge in [-0.2, -0.15) is 10.4 Å². The van der Waals surface area contributed by atoms with E-state index in [1.54, 1.807) is 16.4 Å². The second-order valence-corrected chi connectivity index (χ2v) is 10.3. The quantitative estimate of drug-likeness (QED) is 0.287. The summed E-state index contributed by atoms with van der Waals surface area (Å²) in [5, 5.41) is 14.7. The summed E-state index contributed by atoms with van der Waals surface area (Å²) in [7, 11) is 1.86. The van der Waals surface area contributed by atoms with Crippen molar-refractivity contribution in [1.29, 1.82) is 5.26 Å². The Hall–Kier alpha value is -3.07. The molecule has 3 aromatic carbocycles. The van der Waals surface area contributed by atoms with Crippen LogP contribution in [0, 0.1) is 11.3 Å². The van der Waals surface area contributed by atoms with Crippen LogP contribution >= 0.6 is 23.4 Å². The summed E-state index contributed by atoms with van der Waals surface area (Å²) in [5.74, 6) is 2.08. The molecule has 0 atom stereocenters. The van der Waals surface area contributed by atoms with Gasteiger partial charge < -0.3 is 0 Å². The summed E-state index contributed by atoms with van der Waals surface area (Å²) in [4.78, 5) is 5.84. The highest BCUT2D eigenvalue weighted by Crippen LogP contribution is 2.35. The maximum atomic E-state index is 9.47. The lowest BCUT2D eigenvalue weighted by Crippen LogP contribution is -2.10. The predicted octanol–water partition coefficient (Wildman–Crippen LogP) is 7.26. The van der Waals surface area contributed by atoms with Gasteiger partial charge in [0.05, 0.1) is 16.7 Å². The molecule has 1 aromatic heterocycles.